The molecule has 0 radical (unpaired) electrons. The van der Waals surface area contributed by atoms with Gasteiger partial charge >= 0.3 is 0 Å². The Hall–Kier alpha value is -1.00. The molecule has 3 nitrogen and oxygen atoms in total. The van der Waals surface area contributed by atoms with E-state index in [2.05, 4.69) is 19.6 Å². The van der Waals surface area contributed by atoms with Crippen LogP contribution in [-0.2, 0) is 4.74 Å². The summed E-state index contributed by atoms with van der Waals surface area (Å²) in [6, 6.07) is 7.54. The predicted octanol–water partition coefficient (Wildman–Crippen LogP) is 2.23. The molecule has 2 rings (SSSR count). The van der Waals surface area contributed by atoms with Crippen LogP contribution in [0.2, 0.25) is 0 Å². The van der Waals surface area contributed by atoms with Crippen molar-refractivity contribution in [2.75, 3.05) is 19.8 Å². The van der Waals surface area contributed by atoms with Crippen LogP contribution in [0.5, 0.6) is 0 Å². The van der Waals surface area contributed by atoms with Gasteiger partial charge in [0.2, 0.25) is 0 Å². The van der Waals surface area contributed by atoms with E-state index in [-0.39, 0.29) is 11.9 Å². The summed E-state index contributed by atoms with van der Waals surface area (Å²) in [4.78, 5) is 15.1. The first kappa shape index (κ1) is 12.5. The first-order valence-electron chi connectivity index (χ1n) is 5.90. The monoisotopic (exact) mass is 251 g/mol. The fourth-order valence-electron chi connectivity index (χ4n) is 2.03. The minimum Gasteiger partial charge on any atom is -0.377 e. The molecular formula is C13H17NO2S. The number of benzene rings is 1. The molecule has 1 aromatic rings. The maximum absolute atomic E-state index is 12.3. The zero-order valence-electron chi connectivity index (χ0n) is 9.93. The van der Waals surface area contributed by atoms with Crippen LogP contribution in [0.3, 0.4) is 0 Å². The fourth-order valence-corrected chi connectivity index (χ4v) is 2.18. The summed E-state index contributed by atoms with van der Waals surface area (Å²) in [5.74, 6) is 0.0912. The number of hydrogen-bond acceptors (Lipinski definition) is 3. The zero-order chi connectivity index (χ0) is 12.3. The van der Waals surface area contributed by atoms with E-state index in [1.165, 1.54) is 0 Å². The number of amides is 1. The Morgan fingerprint density at radius 2 is 2.18 bits per heavy atom. The van der Waals surface area contributed by atoms with Crippen molar-refractivity contribution in [2.24, 2.45) is 0 Å². The SMILES string of the molecule is CCC1COCCN1C(=O)c1ccc(S)cc1. The third-order valence-electron chi connectivity index (χ3n) is 3.07. The molecule has 1 amide bonds. The molecule has 0 aromatic heterocycles. The summed E-state index contributed by atoms with van der Waals surface area (Å²) in [5, 5.41) is 0. The van der Waals surface area contributed by atoms with Gasteiger partial charge < -0.3 is 9.64 Å². The van der Waals surface area contributed by atoms with Crippen molar-refractivity contribution in [1.29, 1.82) is 0 Å². The van der Waals surface area contributed by atoms with Gasteiger partial charge in [0.05, 0.1) is 19.3 Å². The van der Waals surface area contributed by atoms with Gasteiger partial charge in [-0.05, 0) is 30.7 Å². The molecule has 0 N–H and O–H groups in total. The number of rotatable bonds is 2. The number of hydrogen-bond donors (Lipinski definition) is 1. The number of thiol groups is 1. The Morgan fingerprint density at radius 1 is 1.47 bits per heavy atom. The van der Waals surface area contributed by atoms with Gasteiger partial charge in [-0.1, -0.05) is 6.92 Å². The third-order valence-corrected chi connectivity index (χ3v) is 3.37. The highest BCUT2D eigenvalue weighted by atomic mass is 32.1. The van der Waals surface area contributed by atoms with Crippen LogP contribution in [-0.4, -0.2) is 36.6 Å². The van der Waals surface area contributed by atoms with Crippen LogP contribution in [0, 0.1) is 0 Å². The van der Waals surface area contributed by atoms with Gasteiger partial charge in [0.25, 0.3) is 5.91 Å². The number of carbonyl (C=O) groups excluding carboxylic acids is 1. The highest BCUT2D eigenvalue weighted by Crippen LogP contribution is 2.16. The molecule has 0 aliphatic carbocycles. The van der Waals surface area contributed by atoms with Crippen LogP contribution >= 0.6 is 12.6 Å². The standard InChI is InChI=1S/C13H17NO2S/c1-2-11-9-16-8-7-14(11)13(15)10-3-5-12(17)6-4-10/h3-6,11,17H,2,7-9H2,1H3. The zero-order valence-corrected chi connectivity index (χ0v) is 10.8. The second-order valence-corrected chi connectivity index (χ2v) is 4.70. The lowest BCUT2D eigenvalue weighted by atomic mass is 10.1. The molecule has 1 aliphatic heterocycles. The smallest absolute Gasteiger partial charge is 0.254 e. The first-order chi connectivity index (χ1) is 8.22. The van der Waals surface area contributed by atoms with Gasteiger partial charge in [0.1, 0.15) is 0 Å². The minimum atomic E-state index is 0.0912. The number of morpholine rings is 1. The second-order valence-electron chi connectivity index (χ2n) is 4.18. The van der Waals surface area contributed by atoms with Gasteiger partial charge in [-0.3, -0.25) is 4.79 Å². The molecule has 4 heteroatoms. The second kappa shape index (κ2) is 5.56. The van der Waals surface area contributed by atoms with Crippen molar-refractivity contribution in [1.82, 2.24) is 4.90 Å². The van der Waals surface area contributed by atoms with E-state index in [4.69, 9.17) is 4.74 Å². The average molecular weight is 251 g/mol. The molecule has 1 aromatic carbocycles. The molecule has 0 spiro atoms. The highest BCUT2D eigenvalue weighted by molar-refractivity contribution is 7.80. The van der Waals surface area contributed by atoms with E-state index in [1.54, 1.807) is 0 Å². The van der Waals surface area contributed by atoms with Crippen LogP contribution in [0.25, 0.3) is 0 Å². The summed E-state index contributed by atoms with van der Waals surface area (Å²) in [7, 11) is 0. The molecule has 92 valence electrons. The lowest BCUT2D eigenvalue weighted by Gasteiger charge is -2.35. The molecular weight excluding hydrogens is 234 g/mol. The Morgan fingerprint density at radius 3 is 2.82 bits per heavy atom. The summed E-state index contributed by atoms with van der Waals surface area (Å²) in [6.45, 7) is 4.04. The van der Waals surface area contributed by atoms with E-state index in [1.807, 2.05) is 29.2 Å². The molecule has 1 heterocycles. The lowest BCUT2D eigenvalue weighted by molar-refractivity contribution is -0.00280. The van der Waals surface area contributed by atoms with Crippen LogP contribution in [0.15, 0.2) is 29.2 Å². The van der Waals surface area contributed by atoms with Crippen LogP contribution < -0.4 is 0 Å². The quantitative estimate of drug-likeness (QED) is 0.817. The van der Waals surface area contributed by atoms with Crippen molar-refractivity contribution < 1.29 is 9.53 Å². The largest absolute Gasteiger partial charge is 0.377 e. The molecule has 1 aliphatic rings. The van der Waals surface area contributed by atoms with Gasteiger partial charge in [-0.25, -0.2) is 0 Å². The average Bonchev–Trinajstić information content (AvgIpc) is 2.39. The first-order valence-corrected chi connectivity index (χ1v) is 6.35. The Balaban J connectivity index is 2.15. The van der Waals surface area contributed by atoms with Crippen molar-refractivity contribution in [3.8, 4) is 0 Å². The van der Waals surface area contributed by atoms with E-state index in [0.717, 1.165) is 16.9 Å². The lowest BCUT2D eigenvalue weighted by Crippen LogP contribution is -2.48. The van der Waals surface area contributed by atoms with Crippen molar-refractivity contribution in [2.45, 2.75) is 24.3 Å². The van der Waals surface area contributed by atoms with E-state index in [9.17, 15) is 4.79 Å². The maximum Gasteiger partial charge on any atom is 0.254 e. The molecule has 1 unspecified atom stereocenters. The Kier molecular flexibility index (Phi) is 4.07. The summed E-state index contributed by atoms with van der Waals surface area (Å²) >= 11 is 4.22. The molecule has 0 bridgehead atoms. The molecule has 17 heavy (non-hydrogen) atoms. The van der Waals surface area contributed by atoms with E-state index in [0.29, 0.717) is 19.8 Å². The van der Waals surface area contributed by atoms with Gasteiger partial charge in [-0.15, -0.1) is 12.6 Å². The maximum atomic E-state index is 12.3. The predicted molar refractivity (Wildman–Crippen MR) is 69.6 cm³/mol. The summed E-state index contributed by atoms with van der Waals surface area (Å²) in [6.07, 6.45) is 0.927. The summed E-state index contributed by atoms with van der Waals surface area (Å²) in [5.41, 5.74) is 0.725. The van der Waals surface area contributed by atoms with Crippen LogP contribution in [0.1, 0.15) is 23.7 Å². The molecule has 1 atom stereocenters. The Bertz CT molecular complexity index is 391. The normalized spacial score (nSPS) is 20.4. The molecule has 0 saturated carbocycles. The number of nitrogens with zero attached hydrogens (tertiary/aromatic N) is 1. The topological polar surface area (TPSA) is 29.5 Å². The van der Waals surface area contributed by atoms with Crippen molar-refractivity contribution >= 4 is 18.5 Å². The highest BCUT2D eigenvalue weighted by Gasteiger charge is 2.26. The molecule has 1 fully saturated rings. The van der Waals surface area contributed by atoms with Gasteiger partial charge in [0, 0.05) is 17.0 Å². The fraction of sp³-hybridized carbons (Fsp3) is 0.462. The Labute approximate surface area is 107 Å². The number of carbonyl (C=O) groups is 1. The number of ether oxygens (including phenoxy) is 1. The van der Waals surface area contributed by atoms with E-state index >= 15 is 0 Å². The minimum absolute atomic E-state index is 0.0912. The van der Waals surface area contributed by atoms with E-state index < -0.39 is 0 Å². The van der Waals surface area contributed by atoms with Gasteiger partial charge in [0.15, 0.2) is 0 Å². The van der Waals surface area contributed by atoms with Crippen molar-refractivity contribution in [3.05, 3.63) is 29.8 Å². The van der Waals surface area contributed by atoms with Crippen LogP contribution in [0.4, 0.5) is 0 Å². The summed E-state index contributed by atoms with van der Waals surface area (Å²) < 4.78 is 5.40. The molecule has 1 saturated heterocycles. The van der Waals surface area contributed by atoms with Crippen molar-refractivity contribution in [3.63, 3.8) is 0 Å². The third kappa shape index (κ3) is 2.82. The van der Waals surface area contributed by atoms with Gasteiger partial charge in [-0.2, -0.15) is 0 Å².